The van der Waals surface area contributed by atoms with E-state index in [0.29, 0.717) is 18.5 Å². The third-order valence-corrected chi connectivity index (χ3v) is 4.06. The normalized spacial score (nSPS) is 21.5. The topological polar surface area (TPSA) is 68.9 Å². The van der Waals surface area contributed by atoms with Gasteiger partial charge in [0, 0.05) is 23.7 Å². The van der Waals surface area contributed by atoms with E-state index in [4.69, 9.17) is 0 Å². The maximum atomic E-state index is 13.8. The maximum absolute atomic E-state index is 13.8. The molecule has 1 saturated carbocycles. The van der Waals surface area contributed by atoms with Crippen molar-refractivity contribution >= 4 is 16.6 Å². The van der Waals surface area contributed by atoms with Crippen molar-refractivity contribution in [1.82, 2.24) is 4.98 Å². The van der Waals surface area contributed by atoms with Crippen molar-refractivity contribution in [2.24, 2.45) is 0 Å². The van der Waals surface area contributed by atoms with Gasteiger partial charge in [0.1, 0.15) is 17.4 Å². The Bertz CT molecular complexity index is 749. The molecule has 1 fully saturated rings. The number of nitrogens with zero attached hydrogens (tertiary/aromatic N) is 2. The van der Waals surface area contributed by atoms with E-state index in [1.54, 1.807) is 0 Å². The second-order valence-electron chi connectivity index (χ2n) is 5.59. The van der Waals surface area contributed by atoms with Crippen molar-refractivity contribution in [3.63, 3.8) is 0 Å². The second-order valence-corrected chi connectivity index (χ2v) is 5.59. The molecule has 2 N–H and O–H groups in total. The Hall–Kier alpha value is -2.26. The summed E-state index contributed by atoms with van der Waals surface area (Å²) in [4.78, 5) is 3.91. The highest BCUT2D eigenvalue weighted by Crippen LogP contribution is 2.31. The van der Waals surface area contributed by atoms with Crippen LogP contribution in [0.4, 0.5) is 14.5 Å². The zero-order valence-electron chi connectivity index (χ0n) is 11.8. The summed E-state index contributed by atoms with van der Waals surface area (Å²) in [6.45, 7) is 0. The van der Waals surface area contributed by atoms with Crippen LogP contribution in [0.2, 0.25) is 0 Å². The lowest BCUT2D eigenvalue weighted by atomic mass is 9.92. The minimum absolute atomic E-state index is 0.0405. The molecule has 0 unspecified atom stereocenters. The minimum Gasteiger partial charge on any atom is -0.393 e. The third-order valence-electron chi connectivity index (χ3n) is 4.06. The SMILES string of the molecule is N#Cc1cnc2c(F)cc(F)cc2c1NC1CCC(O)CC1. The zero-order valence-corrected chi connectivity index (χ0v) is 11.8. The van der Waals surface area contributed by atoms with Crippen molar-refractivity contribution in [3.8, 4) is 6.07 Å². The van der Waals surface area contributed by atoms with Crippen LogP contribution in [0.1, 0.15) is 31.2 Å². The molecule has 1 heterocycles. The zero-order chi connectivity index (χ0) is 15.7. The fourth-order valence-electron chi connectivity index (χ4n) is 2.89. The van der Waals surface area contributed by atoms with E-state index in [0.717, 1.165) is 18.9 Å². The molecule has 0 bridgehead atoms. The quantitative estimate of drug-likeness (QED) is 0.894. The number of benzene rings is 1. The summed E-state index contributed by atoms with van der Waals surface area (Å²) in [5, 5.41) is 22.3. The summed E-state index contributed by atoms with van der Waals surface area (Å²) >= 11 is 0. The number of halogens is 2. The lowest BCUT2D eigenvalue weighted by molar-refractivity contribution is 0.126. The van der Waals surface area contributed by atoms with E-state index < -0.39 is 11.6 Å². The van der Waals surface area contributed by atoms with Crippen LogP contribution in [0.5, 0.6) is 0 Å². The van der Waals surface area contributed by atoms with Gasteiger partial charge in [-0.2, -0.15) is 5.26 Å². The van der Waals surface area contributed by atoms with Crippen LogP contribution in [-0.4, -0.2) is 22.2 Å². The summed E-state index contributed by atoms with van der Waals surface area (Å²) in [7, 11) is 0. The molecular formula is C16H15F2N3O. The molecule has 0 spiro atoms. The number of aliphatic hydroxyl groups is 1. The average Bonchev–Trinajstić information content (AvgIpc) is 2.50. The van der Waals surface area contributed by atoms with Gasteiger partial charge < -0.3 is 10.4 Å². The Morgan fingerprint density at radius 1 is 1.23 bits per heavy atom. The number of hydrogen-bond acceptors (Lipinski definition) is 4. The molecule has 1 aromatic heterocycles. The molecule has 2 aromatic rings. The molecule has 0 saturated heterocycles. The number of aliphatic hydroxyl groups excluding tert-OH is 1. The monoisotopic (exact) mass is 303 g/mol. The largest absolute Gasteiger partial charge is 0.393 e. The number of anilines is 1. The summed E-state index contributed by atoms with van der Waals surface area (Å²) in [6.07, 6.45) is 3.83. The first-order valence-electron chi connectivity index (χ1n) is 7.21. The first kappa shape index (κ1) is 14.7. The summed E-state index contributed by atoms with van der Waals surface area (Å²) in [5.41, 5.74) is 0.703. The van der Waals surface area contributed by atoms with Crippen molar-refractivity contribution in [2.45, 2.75) is 37.8 Å². The maximum Gasteiger partial charge on any atom is 0.152 e. The molecule has 114 valence electrons. The summed E-state index contributed by atoms with van der Waals surface area (Å²) in [5.74, 6) is -1.45. The summed E-state index contributed by atoms with van der Waals surface area (Å²) in [6, 6.07) is 4.03. The van der Waals surface area contributed by atoms with Gasteiger partial charge in [-0.1, -0.05) is 0 Å². The number of fused-ring (bicyclic) bond motifs is 1. The van der Waals surface area contributed by atoms with E-state index >= 15 is 0 Å². The Balaban J connectivity index is 2.04. The fourth-order valence-corrected chi connectivity index (χ4v) is 2.89. The van der Waals surface area contributed by atoms with Crippen molar-refractivity contribution in [2.75, 3.05) is 5.32 Å². The smallest absolute Gasteiger partial charge is 0.152 e. The predicted octanol–water partition coefficient (Wildman–Crippen LogP) is 3.10. The van der Waals surface area contributed by atoms with Gasteiger partial charge in [0.25, 0.3) is 0 Å². The Morgan fingerprint density at radius 3 is 2.64 bits per heavy atom. The molecular weight excluding hydrogens is 288 g/mol. The van der Waals surface area contributed by atoms with Gasteiger partial charge in [-0.25, -0.2) is 8.78 Å². The van der Waals surface area contributed by atoms with Crippen molar-refractivity contribution in [1.29, 1.82) is 5.26 Å². The molecule has 1 aliphatic carbocycles. The molecule has 0 aliphatic heterocycles. The molecule has 0 atom stereocenters. The number of nitrogens with one attached hydrogen (secondary N) is 1. The Kier molecular flexibility index (Phi) is 3.90. The summed E-state index contributed by atoms with van der Waals surface area (Å²) < 4.78 is 27.4. The number of hydrogen-bond donors (Lipinski definition) is 2. The third kappa shape index (κ3) is 2.72. The van der Waals surface area contributed by atoms with Gasteiger partial charge in [-0.05, 0) is 31.7 Å². The minimum atomic E-state index is -0.749. The van der Waals surface area contributed by atoms with Crippen LogP contribution in [0, 0.1) is 23.0 Å². The molecule has 4 nitrogen and oxygen atoms in total. The first-order chi connectivity index (χ1) is 10.6. The van der Waals surface area contributed by atoms with Crippen LogP contribution in [0.15, 0.2) is 18.3 Å². The van der Waals surface area contributed by atoms with Gasteiger partial charge in [-0.3, -0.25) is 4.98 Å². The molecule has 1 aromatic carbocycles. The van der Waals surface area contributed by atoms with Crippen molar-refractivity contribution in [3.05, 3.63) is 35.5 Å². The number of pyridine rings is 1. The molecule has 0 amide bonds. The molecule has 6 heteroatoms. The lowest BCUT2D eigenvalue weighted by Gasteiger charge is -2.27. The predicted molar refractivity (Wildman–Crippen MR) is 78.3 cm³/mol. The molecule has 22 heavy (non-hydrogen) atoms. The van der Waals surface area contributed by atoms with E-state index in [1.807, 2.05) is 6.07 Å². The average molecular weight is 303 g/mol. The van der Waals surface area contributed by atoms with E-state index in [9.17, 15) is 19.1 Å². The first-order valence-corrected chi connectivity index (χ1v) is 7.21. The van der Waals surface area contributed by atoms with Gasteiger partial charge in [0.2, 0.25) is 0 Å². The molecule has 3 rings (SSSR count). The number of aromatic nitrogens is 1. The van der Waals surface area contributed by atoms with Crippen molar-refractivity contribution < 1.29 is 13.9 Å². The van der Waals surface area contributed by atoms with E-state index in [2.05, 4.69) is 10.3 Å². The lowest BCUT2D eigenvalue weighted by Crippen LogP contribution is -2.28. The molecule has 0 radical (unpaired) electrons. The van der Waals surface area contributed by atoms with E-state index in [1.165, 1.54) is 12.3 Å². The van der Waals surface area contributed by atoms with E-state index in [-0.39, 0.29) is 28.6 Å². The second kappa shape index (κ2) is 5.85. The molecule has 1 aliphatic rings. The Labute approximate surface area is 126 Å². The van der Waals surface area contributed by atoms with Crippen LogP contribution in [-0.2, 0) is 0 Å². The number of nitriles is 1. The van der Waals surface area contributed by atoms with Crippen LogP contribution >= 0.6 is 0 Å². The van der Waals surface area contributed by atoms with Gasteiger partial charge >= 0.3 is 0 Å². The Morgan fingerprint density at radius 2 is 1.95 bits per heavy atom. The standard InChI is InChI=1S/C16H15F2N3O/c17-10-5-13-15(21-11-1-3-12(22)4-2-11)9(7-19)8-20-16(13)14(18)6-10/h5-6,8,11-12,22H,1-4H2,(H,20,21). The van der Waals surface area contributed by atoms with Crippen LogP contribution in [0.25, 0.3) is 10.9 Å². The number of rotatable bonds is 2. The van der Waals surface area contributed by atoms with Gasteiger partial charge in [0.05, 0.1) is 17.4 Å². The highest BCUT2D eigenvalue weighted by molar-refractivity contribution is 5.94. The van der Waals surface area contributed by atoms with Crippen LogP contribution < -0.4 is 5.32 Å². The highest BCUT2D eigenvalue weighted by Gasteiger charge is 2.22. The fraction of sp³-hybridized carbons (Fsp3) is 0.375. The van der Waals surface area contributed by atoms with Gasteiger partial charge in [0.15, 0.2) is 5.82 Å². The highest BCUT2D eigenvalue weighted by atomic mass is 19.1. The van der Waals surface area contributed by atoms with Gasteiger partial charge in [-0.15, -0.1) is 0 Å². The van der Waals surface area contributed by atoms with Crippen LogP contribution in [0.3, 0.4) is 0 Å².